The molecule has 4 aromatic rings. The summed E-state index contributed by atoms with van der Waals surface area (Å²) in [7, 11) is 3.53. The van der Waals surface area contributed by atoms with Gasteiger partial charge < -0.3 is 30.2 Å². The van der Waals surface area contributed by atoms with Crippen LogP contribution in [0.2, 0.25) is 0 Å². The lowest BCUT2D eigenvalue weighted by Gasteiger charge is -2.19. The number of carbonyl (C=O) groups excluding carboxylic acids is 7. The summed E-state index contributed by atoms with van der Waals surface area (Å²) >= 11 is 0. The molecule has 0 aliphatic carbocycles. The smallest absolute Gasteiger partial charge is 0.412 e. The first-order valence-corrected chi connectivity index (χ1v) is 13.9. The molecule has 48 heavy (non-hydrogen) atoms. The van der Waals surface area contributed by atoms with Crippen molar-refractivity contribution in [2.75, 3.05) is 21.7 Å². The van der Waals surface area contributed by atoms with E-state index in [1.165, 1.54) is 0 Å². The van der Waals surface area contributed by atoms with Gasteiger partial charge in [0.05, 0.1) is 11.4 Å². The molecule has 0 bridgehead atoms. The second-order valence-electron chi connectivity index (χ2n) is 10.9. The van der Waals surface area contributed by atoms with Crippen molar-refractivity contribution in [2.24, 2.45) is 14.1 Å². The number of ether oxygens (including phenoxy) is 1. The topological polar surface area (TPSA) is 201 Å². The van der Waals surface area contributed by atoms with Gasteiger partial charge in [-0.2, -0.15) is 19.2 Å². The molecular weight excluding hydrogens is 644 g/mol. The molecule has 15 heteroatoms. The van der Waals surface area contributed by atoms with Crippen LogP contribution in [-0.4, -0.2) is 44.9 Å². The molecule has 256 valence electrons. The Morgan fingerprint density at radius 1 is 0.667 bits per heavy atom. The Morgan fingerprint density at radius 3 is 1.40 bits per heavy atom. The molecule has 0 saturated heterocycles. The molecule has 0 fully saturated rings. The van der Waals surface area contributed by atoms with E-state index in [0.717, 1.165) is 16.8 Å². The minimum Gasteiger partial charge on any atom is -0.444 e. The molecule has 4 rings (SSSR count). The van der Waals surface area contributed by atoms with E-state index in [9.17, 15) is 14.4 Å². The van der Waals surface area contributed by atoms with E-state index in [1.807, 2.05) is 62.4 Å². The SMILES string of the molecule is Cc1ccc(NC(=O)c2cc(N)cn2C)cc1.Cc1ccc(NC(=O)c2cc(NC(=O)OC(C)(C)C)cn2C)cc1.Cl.O=C=O.O=C=O. The fraction of sp³-hybridized carbons (Fsp3) is 0.242. The van der Waals surface area contributed by atoms with Crippen LogP contribution in [0.5, 0.6) is 0 Å². The van der Waals surface area contributed by atoms with Crippen molar-refractivity contribution < 1.29 is 38.3 Å². The van der Waals surface area contributed by atoms with Crippen LogP contribution in [0.4, 0.5) is 27.5 Å². The molecule has 2 heterocycles. The monoisotopic (exact) mass is 682 g/mol. The summed E-state index contributed by atoms with van der Waals surface area (Å²) in [5.74, 6) is -0.411. The third-order valence-corrected chi connectivity index (χ3v) is 5.76. The fourth-order valence-corrected chi connectivity index (χ4v) is 3.76. The second kappa shape index (κ2) is 20.2. The Balaban J connectivity index is 0.000000804. The van der Waals surface area contributed by atoms with E-state index in [0.29, 0.717) is 28.5 Å². The maximum Gasteiger partial charge on any atom is 0.412 e. The molecule has 0 saturated carbocycles. The van der Waals surface area contributed by atoms with E-state index >= 15 is 0 Å². The maximum atomic E-state index is 12.4. The zero-order chi connectivity index (χ0) is 35.7. The highest BCUT2D eigenvalue weighted by Gasteiger charge is 2.18. The number of benzene rings is 2. The number of aryl methyl sites for hydroxylation is 4. The summed E-state index contributed by atoms with van der Waals surface area (Å²) in [5, 5.41) is 8.28. The number of nitrogens with zero attached hydrogens (tertiary/aromatic N) is 2. The molecule has 2 aromatic heterocycles. The molecule has 14 nitrogen and oxygen atoms in total. The van der Waals surface area contributed by atoms with Crippen LogP contribution in [0.1, 0.15) is 52.9 Å². The second-order valence-corrected chi connectivity index (χ2v) is 10.9. The van der Waals surface area contributed by atoms with Gasteiger partial charge in [-0.25, -0.2) is 4.79 Å². The lowest BCUT2D eigenvalue weighted by atomic mass is 10.2. The summed E-state index contributed by atoms with van der Waals surface area (Å²) in [5.41, 5.74) is 10.9. The number of rotatable bonds is 5. The standard InChI is InChI=1S/C18H23N3O3.C13H15N3O.2CO2.ClH/c1-12-6-8-13(9-7-12)19-16(22)15-10-14(11-21(15)5)20-17(23)24-18(2,3)4;1-9-3-5-11(6-4-9)15-13(17)12-7-10(14)8-16(12)2;2*2-1-3;/h6-11H,1-5H3,(H,19,22)(H,20,23);3-8H,14H2,1-2H3,(H,15,17);;;1H. The van der Waals surface area contributed by atoms with Gasteiger partial charge in [0.25, 0.3) is 11.8 Å². The van der Waals surface area contributed by atoms with Crippen LogP contribution in [-0.2, 0) is 38.0 Å². The van der Waals surface area contributed by atoms with Gasteiger partial charge in [0, 0.05) is 37.9 Å². The zero-order valence-electron chi connectivity index (χ0n) is 27.6. The van der Waals surface area contributed by atoms with Crippen molar-refractivity contribution in [2.45, 2.75) is 40.2 Å². The highest BCUT2D eigenvalue weighted by Crippen LogP contribution is 2.18. The number of halogens is 1. The molecule has 0 aliphatic rings. The Bertz CT molecular complexity index is 1700. The number of nitrogens with one attached hydrogen (secondary N) is 3. The zero-order valence-corrected chi connectivity index (χ0v) is 28.4. The molecule has 0 spiro atoms. The number of hydrogen-bond donors (Lipinski definition) is 4. The van der Waals surface area contributed by atoms with Crippen molar-refractivity contribution in [3.63, 3.8) is 0 Å². The van der Waals surface area contributed by atoms with Crippen molar-refractivity contribution in [3.05, 3.63) is 95.6 Å². The Labute approximate surface area is 284 Å². The van der Waals surface area contributed by atoms with Gasteiger partial charge in [0.15, 0.2) is 0 Å². The third kappa shape index (κ3) is 15.4. The quantitative estimate of drug-likeness (QED) is 0.214. The first kappa shape index (κ1) is 42.1. The summed E-state index contributed by atoms with van der Waals surface area (Å²) in [4.78, 5) is 68.6. The minimum absolute atomic E-state index is 0. The van der Waals surface area contributed by atoms with Crippen molar-refractivity contribution in [1.82, 2.24) is 9.13 Å². The molecular formula is C33H39ClN6O8. The Kier molecular flexibility index (Phi) is 17.7. The summed E-state index contributed by atoms with van der Waals surface area (Å²) < 4.78 is 8.55. The number of nitrogens with two attached hydrogens (primary N) is 1. The first-order chi connectivity index (χ1) is 22.0. The van der Waals surface area contributed by atoms with Crippen molar-refractivity contribution in [3.8, 4) is 0 Å². The lowest BCUT2D eigenvalue weighted by molar-refractivity contribution is -0.193. The van der Waals surface area contributed by atoms with Gasteiger partial charge in [-0.3, -0.25) is 14.9 Å². The van der Waals surface area contributed by atoms with Crippen LogP contribution in [0.15, 0.2) is 73.1 Å². The molecule has 3 amide bonds. The third-order valence-electron chi connectivity index (χ3n) is 5.76. The molecule has 0 radical (unpaired) electrons. The highest BCUT2D eigenvalue weighted by atomic mass is 35.5. The van der Waals surface area contributed by atoms with Gasteiger partial charge in [-0.15, -0.1) is 12.4 Å². The fourth-order valence-electron chi connectivity index (χ4n) is 3.76. The predicted octanol–water partition coefficient (Wildman–Crippen LogP) is 5.36. The van der Waals surface area contributed by atoms with Crippen LogP contribution in [0, 0.1) is 13.8 Å². The van der Waals surface area contributed by atoms with Crippen LogP contribution in [0.25, 0.3) is 0 Å². The predicted molar refractivity (Wildman–Crippen MR) is 181 cm³/mol. The summed E-state index contributed by atoms with van der Waals surface area (Å²) in [6, 6.07) is 18.5. The molecule has 5 N–H and O–H groups in total. The van der Waals surface area contributed by atoms with Crippen LogP contribution in [0.3, 0.4) is 0 Å². The van der Waals surface area contributed by atoms with E-state index in [2.05, 4.69) is 16.0 Å². The van der Waals surface area contributed by atoms with E-state index in [1.54, 1.807) is 68.5 Å². The summed E-state index contributed by atoms with van der Waals surface area (Å²) in [6.07, 6.45) is 3.32. The number of amides is 3. The van der Waals surface area contributed by atoms with E-state index in [-0.39, 0.29) is 36.5 Å². The maximum absolute atomic E-state index is 12.4. The molecule has 0 unspecified atom stereocenters. The van der Waals surface area contributed by atoms with Gasteiger partial charge in [-0.05, 0) is 71.0 Å². The van der Waals surface area contributed by atoms with Crippen molar-refractivity contribution >= 4 is 65.4 Å². The van der Waals surface area contributed by atoms with Gasteiger partial charge in [0.1, 0.15) is 17.0 Å². The van der Waals surface area contributed by atoms with Crippen LogP contribution < -0.4 is 21.7 Å². The van der Waals surface area contributed by atoms with E-state index in [4.69, 9.17) is 29.6 Å². The average molecular weight is 683 g/mol. The minimum atomic E-state index is -0.579. The average Bonchev–Trinajstić information content (AvgIpc) is 3.51. The number of carbonyl (C=O) groups is 3. The van der Waals surface area contributed by atoms with Gasteiger partial charge in [0.2, 0.25) is 0 Å². The highest BCUT2D eigenvalue weighted by molar-refractivity contribution is 6.04. The normalized spacial score (nSPS) is 9.48. The van der Waals surface area contributed by atoms with Crippen molar-refractivity contribution in [1.29, 1.82) is 0 Å². The molecule has 0 aliphatic heterocycles. The van der Waals surface area contributed by atoms with E-state index < -0.39 is 11.7 Å². The Hall–Kier alpha value is -5.94. The van der Waals surface area contributed by atoms with Gasteiger partial charge >= 0.3 is 18.4 Å². The largest absolute Gasteiger partial charge is 0.444 e. The lowest BCUT2D eigenvalue weighted by Crippen LogP contribution is -2.27. The number of hydrogen-bond acceptors (Lipinski definition) is 9. The van der Waals surface area contributed by atoms with Crippen LogP contribution >= 0.6 is 12.4 Å². The number of anilines is 4. The Morgan fingerprint density at radius 2 is 1.04 bits per heavy atom. The number of nitrogen functional groups attached to an aromatic ring is 1. The first-order valence-electron chi connectivity index (χ1n) is 13.9. The number of aromatic nitrogens is 2. The molecule has 0 atom stereocenters. The summed E-state index contributed by atoms with van der Waals surface area (Å²) in [6.45, 7) is 9.36. The molecule has 2 aromatic carbocycles. The van der Waals surface area contributed by atoms with Gasteiger partial charge in [-0.1, -0.05) is 35.4 Å².